The molecular weight excluding hydrogens is 380 g/mol. The SMILES string of the molecule is Cc1nnc(CN=C(NC2CCCCC2)NC2CCN(CC(=O)N(C)C)CC2)n1C. The van der Waals surface area contributed by atoms with Crippen LogP contribution in [0.1, 0.15) is 56.6 Å². The molecule has 2 N–H and O–H groups in total. The van der Waals surface area contributed by atoms with Crippen LogP contribution in [0.4, 0.5) is 0 Å². The van der Waals surface area contributed by atoms with Gasteiger partial charge in [0.05, 0.1) is 6.54 Å². The van der Waals surface area contributed by atoms with E-state index in [1.807, 2.05) is 32.6 Å². The molecule has 1 aliphatic carbocycles. The molecule has 0 radical (unpaired) electrons. The van der Waals surface area contributed by atoms with E-state index in [0.717, 1.165) is 43.5 Å². The third kappa shape index (κ3) is 6.42. The van der Waals surface area contributed by atoms with Crippen LogP contribution in [0.15, 0.2) is 4.99 Å². The van der Waals surface area contributed by atoms with E-state index >= 15 is 0 Å². The second-order valence-corrected chi connectivity index (χ2v) is 8.85. The van der Waals surface area contributed by atoms with Crippen molar-refractivity contribution in [3.05, 3.63) is 11.6 Å². The van der Waals surface area contributed by atoms with Crippen LogP contribution in [0.3, 0.4) is 0 Å². The Bertz CT molecular complexity index is 715. The minimum Gasteiger partial charge on any atom is -0.354 e. The number of likely N-dealkylation sites (N-methyl/N-ethyl adjacent to an activating group) is 1. The molecule has 9 heteroatoms. The maximum atomic E-state index is 12.0. The Hall–Kier alpha value is -2.16. The van der Waals surface area contributed by atoms with E-state index in [9.17, 15) is 4.79 Å². The number of hydrogen-bond donors (Lipinski definition) is 2. The molecule has 1 aromatic rings. The highest BCUT2D eigenvalue weighted by atomic mass is 16.2. The van der Waals surface area contributed by atoms with E-state index in [4.69, 9.17) is 4.99 Å². The van der Waals surface area contributed by atoms with Crippen molar-refractivity contribution in [1.29, 1.82) is 0 Å². The van der Waals surface area contributed by atoms with Crippen molar-refractivity contribution in [3.63, 3.8) is 0 Å². The minimum atomic E-state index is 0.168. The summed E-state index contributed by atoms with van der Waals surface area (Å²) >= 11 is 0. The number of amides is 1. The number of carbonyl (C=O) groups excluding carboxylic acids is 1. The molecule has 3 rings (SSSR count). The van der Waals surface area contributed by atoms with Crippen LogP contribution in [0, 0.1) is 6.92 Å². The molecule has 2 fully saturated rings. The maximum Gasteiger partial charge on any atom is 0.236 e. The van der Waals surface area contributed by atoms with Gasteiger partial charge in [-0.25, -0.2) is 4.99 Å². The van der Waals surface area contributed by atoms with Crippen molar-refractivity contribution in [2.45, 2.75) is 70.5 Å². The fourth-order valence-corrected chi connectivity index (χ4v) is 4.07. The zero-order valence-corrected chi connectivity index (χ0v) is 19.0. The first-order valence-electron chi connectivity index (χ1n) is 11.3. The van der Waals surface area contributed by atoms with Gasteiger partial charge in [0, 0.05) is 46.3 Å². The highest BCUT2D eigenvalue weighted by molar-refractivity contribution is 5.80. The summed E-state index contributed by atoms with van der Waals surface area (Å²) in [6.45, 7) is 4.82. The lowest BCUT2D eigenvalue weighted by Gasteiger charge is -2.34. The summed E-state index contributed by atoms with van der Waals surface area (Å²) in [6.07, 6.45) is 8.33. The van der Waals surface area contributed by atoms with Gasteiger partial charge in [0.25, 0.3) is 0 Å². The molecule has 1 saturated carbocycles. The third-order valence-electron chi connectivity index (χ3n) is 6.29. The molecule has 1 amide bonds. The highest BCUT2D eigenvalue weighted by Gasteiger charge is 2.23. The summed E-state index contributed by atoms with van der Waals surface area (Å²) < 4.78 is 1.99. The topological polar surface area (TPSA) is 90.7 Å². The number of rotatable bonds is 6. The number of carbonyl (C=O) groups is 1. The predicted molar refractivity (Wildman–Crippen MR) is 118 cm³/mol. The van der Waals surface area contributed by atoms with Crippen LogP contribution < -0.4 is 10.6 Å². The zero-order valence-electron chi connectivity index (χ0n) is 19.0. The third-order valence-corrected chi connectivity index (χ3v) is 6.29. The molecule has 2 heterocycles. The average Bonchev–Trinajstić information content (AvgIpc) is 3.06. The average molecular weight is 419 g/mol. The Morgan fingerprint density at radius 3 is 2.27 bits per heavy atom. The quantitative estimate of drug-likeness (QED) is 0.530. The van der Waals surface area contributed by atoms with Crippen LogP contribution in [0.2, 0.25) is 0 Å². The first-order chi connectivity index (χ1) is 14.4. The molecule has 9 nitrogen and oxygen atoms in total. The van der Waals surface area contributed by atoms with E-state index in [-0.39, 0.29) is 5.91 Å². The summed E-state index contributed by atoms with van der Waals surface area (Å²) in [6, 6.07) is 0.857. The molecule has 0 unspecified atom stereocenters. The van der Waals surface area contributed by atoms with Gasteiger partial charge in [-0.1, -0.05) is 19.3 Å². The van der Waals surface area contributed by atoms with Gasteiger partial charge < -0.3 is 20.1 Å². The molecule has 0 bridgehead atoms. The van der Waals surface area contributed by atoms with Gasteiger partial charge >= 0.3 is 0 Å². The number of aromatic nitrogens is 3. The Morgan fingerprint density at radius 1 is 1.07 bits per heavy atom. The van der Waals surface area contributed by atoms with Gasteiger partial charge in [0.15, 0.2) is 11.8 Å². The van der Waals surface area contributed by atoms with Crippen LogP contribution in [0.5, 0.6) is 0 Å². The van der Waals surface area contributed by atoms with Gasteiger partial charge in [-0.3, -0.25) is 9.69 Å². The van der Waals surface area contributed by atoms with Crippen molar-refractivity contribution >= 4 is 11.9 Å². The Kier molecular flexibility index (Phi) is 8.07. The molecule has 30 heavy (non-hydrogen) atoms. The summed E-state index contributed by atoms with van der Waals surface area (Å²) in [5.41, 5.74) is 0. The Morgan fingerprint density at radius 2 is 1.70 bits per heavy atom. The van der Waals surface area contributed by atoms with Crippen molar-refractivity contribution in [1.82, 2.24) is 35.2 Å². The monoisotopic (exact) mass is 418 g/mol. The normalized spacial score (nSPS) is 19.7. The molecule has 1 aliphatic heterocycles. The summed E-state index contributed by atoms with van der Waals surface area (Å²) in [4.78, 5) is 20.7. The number of piperidine rings is 1. The van der Waals surface area contributed by atoms with E-state index in [2.05, 4.69) is 25.7 Å². The zero-order chi connectivity index (χ0) is 21.5. The summed E-state index contributed by atoms with van der Waals surface area (Å²) in [7, 11) is 5.61. The number of aliphatic imine (C=N–C) groups is 1. The van der Waals surface area contributed by atoms with Crippen molar-refractivity contribution in [2.24, 2.45) is 12.0 Å². The number of hydrogen-bond acceptors (Lipinski definition) is 5. The predicted octanol–water partition coefficient (Wildman–Crippen LogP) is 1.04. The molecule has 168 valence electrons. The highest BCUT2D eigenvalue weighted by Crippen LogP contribution is 2.17. The smallest absolute Gasteiger partial charge is 0.236 e. The fourth-order valence-electron chi connectivity index (χ4n) is 4.07. The van der Waals surface area contributed by atoms with Gasteiger partial charge in [0.1, 0.15) is 12.4 Å². The number of aryl methyl sites for hydroxylation is 1. The molecule has 0 spiro atoms. The Balaban J connectivity index is 1.57. The molecular formula is C21H38N8O. The summed E-state index contributed by atoms with van der Waals surface area (Å²) in [5, 5.41) is 15.7. The molecule has 1 aromatic heterocycles. The fraction of sp³-hybridized carbons (Fsp3) is 0.810. The van der Waals surface area contributed by atoms with E-state index in [1.165, 1.54) is 32.1 Å². The second kappa shape index (κ2) is 10.7. The van der Waals surface area contributed by atoms with Crippen molar-refractivity contribution in [3.8, 4) is 0 Å². The molecule has 1 saturated heterocycles. The van der Waals surface area contributed by atoms with E-state index in [1.54, 1.807) is 4.90 Å². The lowest BCUT2D eigenvalue weighted by Crippen LogP contribution is -2.52. The van der Waals surface area contributed by atoms with E-state index < -0.39 is 0 Å². The standard InChI is InChI=1S/C21H38N8O/c1-16-25-26-19(28(16)4)14-22-21(23-17-8-6-5-7-9-17)24-18-10-12-29(13-11-18)15-20(30)27(2)3/h17-18H,5-15H2,1-4H3,(H2,22,23,24). The number of guanidine groups is 1. The molecule has 0 aromatic carbocycles. The van der Waals surface area contributed by atoms with Crippen LogP contribution in [-0.4, -0.2) is 82.2 Å². The number of likely N-dealkylation sites (tertiary alicyclic amines) is 1. The lowest BCUT2D eigenvalue weighted by molar-refractivity contribution is -0.130. The van der Waals surface area contributed by atoms with Gasteiger partial charge in [-0.15, -0.1) is 10.2 Å². The van der Waals surface area contributed by atoms with E-state index in [0.29, 0.717) is 25.2 Å². The van der Waals surface area contributed by atoms with Crippen LogP contribution in [0.25, 0.3) is 0 Å². The first kappa shape index (κ1) is 22.5. The largest absolute Gasteiger partial charge is 0.354 e. The summed E-state index contributed by atoms with van der Waals surface area (Å²) in [5.74, 6) is 2.82. The molecule has 0 atom stereocenters. The number of nitrogens with one attached hydrogen (secondary N) is 2. The van der Waals surface area contributed by atoms with Crippen LogP contribution in [-0.2, 0) is 18.4 Å². The second-order valence-electron chi connectivity index (χ2n) is 8.85. The van der Waals surface area contributed by atoms with Gasteiger partial charge in [-0.05, 0) is 32.6 Å². The van der Waals surface area contributed by atoms with Crippen molar-refractivity contribution in [2.75, 3.05) is 33.7 Å². The molecule has 2 aliphatic rings. The van der Waals surface area contributed by atoms with Crippen LogP contribution >= 0.6 is 0 Å². The number of nitrogens with zero attached hydrogens (tertiary/aromatic N) is 6. The van der Waals surface area contributed by atoms with Gasteiger partial charge in [0.2, 0.25) is 5.91 Å². The lowest BCUT2D eigenvalue weighted by atomic mass is 9.95. The van der Waals surface area contributed by atoms with Gasteiger partial charge in [-0.2, -0.15) is 0 Å². The maximum absolute atomic E-state index is 12.0. The first-order valence-corrected chi connectivity index (χ1v) is 11.3. The van der Waals surface area contributed by atoms with Crippen molar-refractivity contribution < 1.29 is 4.79 Å². The minimum absolute atomic E-state index is 0.168. The Labute approximate surface area is 180 Å².